The van der Waals surface area contributed by atoms with Gasteiger partial charge in [0.1, 0.15) is 35.6 Å². The van der Waals surface area contributed by atoms with Gasteiger partial charge in [0.2, 0.25) is 0 Å². The number of nitrogens with one attached hydrogen (secondary N) is 2. The highest BCUT2D eigenvalue weighted by molar-refractivity contribution is 5.76. The predicted octanol–water partition coefficient (Wildman–Crippen LogP) is 3.25. The predicted molar refractivity (Wildman–Crippen MR) is 223 cm³/mol. The van der Waals surface area contributed by atoms with Crippen molar-refractivity contribution < 1.29 is 71.5 Å². The van der Waals surface area contributed by atoms with E-state index in [0.29, 0.717) is 19.5 Å². The zero-order chi connectivity index (χ0) is 46.7. The van der Waals surface area contributed by atoms with Gasteiger partial charge in [-0.25, -0.2) is 4.99 Å². The van der Waals surface area contributed by atoms with Crippen molar-refractivity contribution in [1.29, 1.82) is 0 Å². The molecule has 0 amide bonds. The molecule has 19 heteroatoms. The van der Waals surface area contributed by atoms with Crippen LogP contribution in [0, 0.1) is 17.8 Å². The zero-order valence-corrected chi connectivity index (χ0v) is 39.0. The lowest BCUT2D eigenvalue weighted by Gasteiger charge is -2.53. The fraction of sp³-hybridized carbons (Fsp3) is 0.953. The second kappa shape index (κ2) is 20.7. The van der Waals surface area contributed by atoms with Crippen LogP contribution in [0.4, 0.5) is 13.2 Å². The number of rotatable bonds is 11. The largest absolute Gasteiger partial charge is 0.459 e. The number of hydrogen-bond acceptors (Lipinski definition) is 15. The van der Waals surface area contributed by atoms with Crippen molar-refractivity contribution in [3.63, 3.8) is 0 Å². The van der Waals surface area contributed by atoms with E-state index in [-0.39, 0.29) is 37.7 Å². The van der Waals surface area contributed by atoms with Gasteiger partial charge < -0.3 is 69.1 Å². The van der Waals surface area contributed by atoms with Gasteiger partial charge in [-0.05, 0) is 93.2 Å². The molecule has 4 aliphatic rings. The first-order chi connectivity index (χ1) is 28.7. The van der Waals surface area contributed by atoms with Gasteiger partial charge in [0.05, 0.1) is 42.0 Å². The number of aliphatic hydroxyl groups excluding tert-OH is 1. The molecule has 0 aromatic carbocycles. The van der Waals surface area contributed by atoms with E-state index in [1.165, 1.54) is 14.0 Å². The fourth-order valence-electron chi connectivity index (χ4n) is 9.84. The molecule has 4 fully saturated rings. The molecule has 0 aliphatic carbocycles. The molecule has 0 saturated carbocycles. The van der Waals surface area contributed by atoms with Crippen molar-refractivity contribution in [2.75, 3.05) is 40.3 Å². The summed E-state index contributed by atoms with van der Waals surface area (Å²) >= 11 is 0. The van der Waals surface area contributed by atoms with Crippen LogP contribution in [-0.2, 0) is 38.0 Å². The summed E-state index contributed by atoms with van der Waals surface area (Å²) in [4.78, 5) is 19.7. The molecule has 4 saturated heterocycles. The third kappa shape index (κ3) is 11.7. The number of aliphatic imine (C=N–C) groups is 1. The Hall–Kier alpha value is -1.91. The number of ether oxygens (including phenoxy) is 7. The SMILES string of the molecule is CCCNC[C@]1(O)[C@H](C)O[C@@H](O[C@H]2[C@H](C)[C@@H](O[C@@H]3O[C@H](C)C[C@H]4[C@H]3OC(=NCC(F)(F)F)N4C)[C@](C)(O)C[C@@H](C)CN[C@H](C)[C@@H](O)[C@](C)(O)[C@@H](CC)OC(=O)[C@@H]2C)C[C@@]1(C)OC. The Kier molecular flexibility index (Phi) is 17.6. The van der Waals surface area contributed by atoms with Crippen LogP contribution >= 0.6 is 0 Å². The van der Waals surface area contributed by atoms with E-state index in [9.17, 15) is 38.4 Å². The fourth-order valence-corrected chi connectivity index (χ4v) is 9.84. The molecule has 0 aromatic heterocycles. The minimum atomic E-state index is -4.56. The number of halogens is 3. The van der Waals surface area contributed by atoms with E-state index in [4.69, 9.17) is 33.2 Å². The monoisotopic (exact) mass is 899 g/mol. The second-order valence-corrected chi connectivity index (χ2v) is 19.1. The Labute approximate surface area is 365 Å². The van der Waals surface area contributed by atoms with Gasteiger partial charge in [-0.2, -0.15) is 13.2 Å². The summed E-state index contributed by atoms with van der Waals surface area (Å²) in [6.07, 6.45) is -12.4. The number of aliphatic hydroxyl groups is 4. The van der Waals surface area contributed by atoms with Crippen molar-refractivity contribution in [1.82, 2.24) is 15.5 Å². The third-order valence-electron chi connectivity index (χ3n) is 13.8. The van der Waals surface area contributed by atoms with Crippen LogP contribution in [0.25, 0.3) is 0 Å². The first-order valence-electron chi connectivity index (χ1n) is 22.3. The third-order valence-corrected chi connectivity index (χ3v) is 13.8. The number of carbonyl (C=O) groups excluding carboxylic acids is 1. The van der Waals surface area contributed by atoms with Crippen molar-refractivity contribution in [3.05, 3.63) is 0 Å². The summed E-state index contributed by atoms with van der Waals surface area (Å²) in [5, 5.41) is 54.4. The van der Waals surface area contributed by atoms with Crippen molar-refractivity contribution >= 4 is 12.0 Å². The highest BCUT2D eigenvalue weighted by atomic mass is 19.4. The molecule has 4 rings (SSSR count). The lowest BCUT2D eigenvalue weighted by atomic mass is 9.75. The molecule has 0 spiro atoms. The van der Waals surface area contributed by atoms with Gasteiger partial charge in [-0.1, -0.05) is 27.7 Å². The summed E-state index contributed by atoms with van der Waals surface area (Å²) in [6.45, 7) is 18.7. The Bertz CT molecular complexity index is 1500. The van der Waals surface area contributed by atoms with E-state index in [1.807, 2.05) is 20.8 Å². The quantitative estimate of drug-likeness (QED) is 0.130. The molecule has 362 valence electrons. The number of alkyl halides is 3. The molecule has 0 aromatic rings. The summed E-state index contributed by atoms with van der Waals surface area (Å²) in [6, 6.07) is -1.36. The van der Waals surface area contributed by atoms with Gasteiger partial charge in [0.15, 0.2) is 18.7 Å². The number of likely N-dealkylation sites (N-methyl/N-ethyl adjacent to an activating group) is 1. The maximum atomic E-state index is 14.4. The van der Waals surface area contributed by atoms with Gasteiger partial charge in [0.25, 0.3) is 6.02 Å². The van der Waals surface area contributed by atoms with E-state index in [1.54, 1.807) is 60.4 Å². The van der Waals surface area contributed by atoms with Crippen molar-refractivity contribution in [2.24, 2.45) is 22.7 Å². The summed E-state index contributed by atoms with van der Waals surface area (Å²) in [7, 11) is 3.10. The molecule has 4 aliphatic heterocycles. The Morgan fingerprint density at radius 3 is 2.26 bits per heavy atom. The number of fused-ring (bicyclic) bond motifs is 1. The number of hydrogen-bond donors (Lipinski definition) is 6. The molecule has 4 heterocycles. The zero-order valence-electron chi connectivity index (χ0n) is 39.0. The maximum absolute atomic E-state index is 14.4. The van der Waals surface area contributed by atoms with Crippen LogP contribution in [0.3, 0.4) is 0 Å². The molecule has 6 N–H and O–H groups in total. The molecule has 18 atom stereocenters. The molecule has 0 radical (unpaired) electrons. The lowest BCUT2D eigenvalue weighted by Crippen LogP contribution is -2.70. The van der Waals surface area contributed by atoms with E-state index >= 15 is 0 Å². The highest BCUT2D eigenvalue weighted by Crippen LogP contribution is 2.44. The minimum Gasteiger partial charge on any atom is -0.459 e. The standard InChI is InChI=1S/C43H77F3N4O12/c1-14-16-47-21-42(55)28(8)58-31(19-40(42,10)56-13)60-32-25(5)35(62-37-33-29(17-24(4)57-37)50(12)38(61-33)49-22-43(44,45)46)39(9,53)18-23(3)20-48-27(7)34(51)41(11,54)30(15-2)59-36(52)26(32)6/h23-35,37,47-48,51,53-55H,14-22H2,1-13H3/t23-,24-,25+,26-,27-,28+,29+,30-,31+,32+,33-,34-,35-,37+,39-,40-,41-,42+/m1/s1. The van der Waals surface area contributed by atoms with E-state index in [2.05, 4.69) is 15.6 Å². The van der Waals surface area contributed by atoms with Crippen LogP contribution < -0.4 is 10.6 Å². The number of carbonyl (C=O) groups is 1. The van der Waals surface area contributed by atoms with Crippen molar-refractivity contribution in [2.45, 2.75) is 204 Å². The van der Waals surface area contributed by atoms with Gasteiger partial charge >= 0.3 is 12.1 Å². The van der Waals surface area contributed by atoms with Crippen LogP contribution in [0.1, 0.15) is 108 Å². The average molecular weight is 899 g/mol. The summed E-state index contributed by atoms with van der Waals surface area (Å²) < 4.78 is 84.4. The lowest BCUT2D eigenvalue weighted by molar-refractivity contribution is -0.335. The van der Waals surface area contributed by atoms with Gasteiger partial charge in [-0.15, -0.1) is 0 Å². The summed E-state index contributed by atoms with van der Waals surface area (Å²) in [5.74, 6) is -3.04. The van der Waals surface area contributed by atoms with Crippen LogP contribution in [-0.4, -0.2) is 174 Å². The average Bonchev–Trinajstić information content (AvgIpc) is 3.50. The smallest absolute Gasteiger partial charge is 0.408 e. The first kappa shape index (κ1) is 52.7. The van der Waals surface area contributed by atoms with E-state index in [0.717, 1.165) is 6.42 Å². The van der Waals surface area contributed by atoms with Gasteiger partial charge in [-0.3, -0.25) is 4.79 Å². The maximum Gasteiger partial charge on any atom is 0.408 e. The number of amidine groups is 1. The number of nitrogens with zero attached hydrogens (tertiary/aromatic N) is 2. The number of cyclic esters (lactones) is 1. The van der Waals surface area contributed by atoms with Crippen LogP contribution in [0.2, 0.25) is 0 Å². The Morgan fingerprint density at radius 2 is 1.66 bits per heavy atom. The molecular formula is C43H77F3N4O12. The molecule has 0 unspecified atom stereocenters. The topological polar surface area (TPSA) is 202 Å². The van der Waals surface area contributed by atoms with Crippen LogP contribution in [0.5, 0.6) is 0 Å². The molecular weight excluding hydrogens is 821 g/mol. The van der Waals surface area contributed by atoms with Crippen molar-refractivity contribution in [3.8, 4) is 0 Å². The Balaban J connectivity index is 1.82. The van der Waals surface area contributed by atoms with Crippen LogP contribution in [0.15, 0.2) is 4.99 Å². The molecule has 62 heavy (non-hydrogen) atoms. The highest BCUT2D eigenvalue weighted by Gasteiger charge is 2.59. The van der Waals surface area contributed by atoms with Gasteiger partial charge in [0, 0.05) is 39.1 Å². The molecule has 16 nitrogen and oxygen atoms in total. The number of esters is 1. The Morgan fingerprint density at radius 1 is 1.00 bits per heavy atom. The minimum absolute atomic E-state index is 0.0251. The molecule has 0 bridgehead atoms. The second-order valence-electron chi connectivity index (χ2n) is 19.1. The normalized spacial score (nSPS) is 46.1. The number of methoxy groups -OCH3 is 1. The first-order valence-corrected chi connectivity index (χ1v) is 22.3. The summed E-state index contributed by atoms with van der Waals surface area (Å²) in [5.41, 5.74) is -6.27. The van der Waals surface area contributed by atoms with E-state index < -0.39 is 120 Å².